The van der Waals surface area contributed by atoms with Crippen LogP contribution in [0.3, 0.4) is 0 Å². The van der Waals surface area contributed by atoms with E-state index in [0.717, 1.165) is 22.6 Å². The van der Waals surface area contributed by atoms with Crippen LogP contribution in [0.25, 0.3) is 0 Å². The summed E-state index contributed by atoms with van der Waals surface area (Å²) in [4.78, 5) is 42.0. The number of nitrogens with zero attached hydrogens (tertiary/aromatic N) is 4. The molecule has 36 heavy (non-hydrogen) atoms. The van der Waals surface area contributed by atoms with Gasteiger partial charge in [0.1, 0.15) is 12.7 Å². The highest BCUT2D eigenvalue weighted by atomic mass is 32.2. The lowest BCUT2D eigenvalue weighted by Gasteiger charge is -2.52. The molecule has 1 saturated heterocycles. The molecule has 1 aromatic heterocycles. The third-order valence-corrected chi connectivity index (χ3v) is 8.09. The number of amides is 2. The number of carbonyl (C=O) groups is 2. The zero-order valence-corrected chi connectivity index (χ0v) is 19.8. The molecular formula is C25H20F2N4O4S. The Balaban J connectivity index is 1.68. The van der Waals surface area contributed by atoms with Crippen LogP contribution in [0.5, 0.6) is 5.75 Å². The molecule has 1 N–H and O–H groups in total. The highest BCUT2D eigenvalue weighted by Gasteiger charge is 2.48. The molecule has 3 aliphatic rings. The van der Waals surface area contributed by atoms with E-state index in [1.165, 1.54) is 38.5 Å². The van der Waals surface area contributed by atoms with Gasteiger partial charge >= 0.3 is 0 Å². The lowest BCUT2D eigenvalue weighted by Crippen LogP contribution is -2.69. The number of aromatic hydroxyl groups is 1. The van der Waals surface area contributed by atoms with Crippen LogP contribution < -0.4 is 10.4 Å². The van der Waals surface area contributed by atoms with Gasteiger partial charge in [-0.3, -0.25) is 24.1 Å². The molecule has 0 radical (unpaired) electrons. The van der Waals surface area contributed by atoms with Gasteiger partial charge in [-0.15, -0.1) is 11.8 Å². The summed E-state index contributed by atoms with van der Waals surface area (Å²) in [5.41, 5.74) is 0.444. The zero-order valence-electron chi connectivity index (χ0n) is 19.0. The van der Waals surface area contributed by atoms with Gasteiger partial charge in [0.05, 0.1) is 12.6 Å². The van der Waals surface area contributed by atoms with Crippen molar-refractivity contribution in [1.29, 1.82) is 0 Å². The number of hydrogen-bond acceptors (Lipinski definition) is 6. The van der Waals surface area contributed by atoms with Crippen molar-refractivity contribution in [2.24, 2.45) is 0 Å². The number of likely N-dealkylation sites (N-methyl/N-ethyl adjacent to an activating group) is 1. The lowest BCUT2D eigenvalue weighted by molar-refractivity contribution is -0.136. The molecular weight excluding hydrogens is 490 g/mol. The molecule has 1 fully saturated rings. The van der Waals surface area contributed by atoms with Crippen molar-refractivity contribution in [2.45, 2.75) is 22.9 Å². The summed E-state index contributed by atoms with van der Waals surface area (Å²) in [6.45, 7) is -0.130. The van der Waals surface area contributed by atoms with Gasteiger partial charge in [0.2, 0.25) is 11.3 Å². The van der Waals surface area contributed by atoms with Crippen molar-refractivity contribution in [3.8, 4) is 5.75 Å². The minimum atomic E-state index is -0.959. The Hall–Kier alpha value is -3.86. The first kappa shape index (κ1) is 22.6. The predicted octanol–water partition coefficient (Wildman–Crippen LogP) is 2.42. The van der Waals surface area contributed by atoms with Gasteiger partial charge in [-0.1, -0.05) is 24.3 Å². The minimum absolute atomic E-state index is 0.127. The molecule has 184 valence electrons. The van der Waals surface area contributed by atoms with E-state index >= 15 is 4.39 Å². The normalized spacial score (nSPS) is 20.9. The Labute approximate surface area is 208 Å². The van der Waals surface area contributed by atoms with E-state index < -0.39 is 40.9 Å². The quantitative estimate of drug-likeness (QED) is 0.541. The van der Waals surface area contributed by atoms with E-state index in [4.69, 9.17) is 0 Å². The van der Waals surface area contributed by atoms with Crippen LogP contribution in [-0.2, 0) is 10.5 Å². The fourth-order valence-electron chi connectivity index (χ4n) is 5.19. The maximum absolute atomic E-state index is 15.1. The van der Waals surface area contributed by atoms with Gasteiger partial charge < -0.3 is 14.9 Å². The monoisotopic (exact) mass is 510 g/mol. The van der Waals surface area contributed by atoms with E-state index in [9.17, 15) is 23.9 Å². The van der Waals surface area contributed by atoms with Gasteiger partial charge in [-0.2, -0.15) is 0 Å². The predicted molar refractivity (Wildman–Crippen MR) is 127 cm³/mol. The molecule has 4 heterocycles. The van der Waals surface area contributed by atoms with E-state index in [0.29, 0.717) is 5.56 Å². The van der Waals surface area contributed by atoms with Gasteiger partial charge in [-0.05, 0) is 23.3 Å². The fraction of sp³-hybridized carbons (Fsp3) is 0.240. The molecule has 11 heteroatoms. The second-order valence-electron chi connectivity index (χ2n) is 8.95. The highest BCUT2D eigenvalue weighted by Crippen LogP contribution is 2.45. The average Bonchev–Trinajstić information content (AvgIpc) is 3.02. The third kappa shape index (κ3) is 3.15. The number of piperazine rings is 1. The van der Waals surface area contributed by atoms with E-state index in [1.54, 1.807) is 12.1 Å². The highest BCUT2D eigenvalue weighted by molar-refractivity contribution is 7.98. The Bertz CT molecular complexity index is 1510. The summed E-state index contributed by atoms with van der Waals surface area (Å²) < 4.78 is 30.9. The van der Waals surface area contributed by atoms with Crippen molar-refractivity contribution in [1.82, 2.24) is 14.5 Å². The number of carbonyl (C=O) groups excluding carboxylic acids is 2. The van der Waals surface area contributed by atoms with Crippen LogP contribution in [0, 0.1) is 11.6 Å². The molecule has 2 atom stereocenters. The second-order valence-corrected chi connectivity index (χ2v) is 9.97. The van der Waals surface area contributed by atoms with Crippen LogP contribution in [0.4, 0.5) is 8.78 Å². The molecule has 6 rings (SSSR count). The van der Waals surface area contributed by atoms with Crippen LogP contribution in [0.2, 0.25) is 0 Å². The Morgan fingerprint density at radius 2 is 1.81 bits per heavy atom. The number of pyridine rings is 1. The second kappa shape index (κ2) is 8.09. The van der Waals surface area contributed by atoms with Gasteiger partial charge in [0.15, 0.2) is 23.1 Å². The van der Waals surface area contributed by atoms with Crippen LogP contribution in [-0.4, -0.2) is 57.7 Å². The number of fused-ring (bicyclic) bond motifs is 4. The number of halogens is 2. The summed E-state index contributed by atoms with van der Waals surface area (Å²) >= 11 is 1.37. The minimum Gasteiger partial charge on any atom is -0.502 e. The Morgan fingerprint density at radius 3 is 2.61 bits per heavy atom. The molecule has 8 nitrogen and oxygen atoms in total. The summed E-state index contributed by atoms with van der Waals surface area (Å²) in [6.07, 6.45) is 0.681. The number of hydrogen-bond donors (Lipinski definition) is 1. The number of thioether (sulfide) groups is 1. The summed E-state index contributed by atoms with van der Waals surface area (Å²) in [5, 5.41) is 12.4. The maximum Gasteiger partial charge on any atom is 0.278 e. The lowest BCUT2D eigenvalue weighted by atomic mass is 9.93. The summed E-state index contributed by atoms with van der Waals surface area (Å²) in [6, 6.07) is 10.5. The summed E-state index contributed by atoms with van der Waals surface area (Å²) in [5.74, 6) is -3.40. The number of benzene rings is 2. The first-order chi connectivity index (χ1) is 17.3. The van der Waals surface area contributed by atoms with Crippen molar-refractivity contribution in [2.75, 3.05) is 25.1 Å². The average molecular weight is 511 g/mol. The maximum atomic E-state index is 15.1. The van der Waals surface area contributed by atoms with E-state index in [1.807, 2.05) is 24.3 Å². The molecule has 0 spiro atoms. The molecule has 0 unspecified atom stereocenters. The van der Waals surface area contributed by atoms with E-state index in [-0.39, 0.29) is 36.0 Å². The molecule has 0 bridgehead atoms. The number of aromatic nitrogens is 1. The third-order valence-electron chi connectivity index (χ3n) is 6.98. The standard InChI is InChI=1S/C25H20F2N4O4S/c1-28-10-19-29(11-20(28)33)25(35)23-24(34)17(32)8-9-30(23)31(19)22-13-6-7-16(26)21(27)15(13)12-36-18-5-3-2-4-14(18)22/h2-9,19,22,34H,10-12H2,1H3/t19-,22+/m1/s1. The van der Waals surface area contributed by atoms with E-state index in [2.05, 4.69) is 0 Å². The van der Waals surface area contributed by atoms with Crippen LogP contribution in [0.1, 0.15) is 33.2 Å². The largest absolute Gasteiger partial charge is 0.502 e. The fourth-order valence-corrected chi connectivity index (χ4v) is 6.30. The number of rotatable bonds is 1. The Kier molecular flexibility index (Phi) is 5.08. The molecule has 2 aromatic carbocycles. The molecule has 3 aliphatic heterocycles. The SMILES string of the molecule is CN1C[C@@H]2N(CC1=O)C(=O)c1c(O)c(=O)ccn1N2[C@@H]1c2ccccc2SCc2c1ccc(F)c2F. The van der Waals surface area contributed by atoms with Gasteiger partial charge in [-0.25, -0.2) is 8.78 Å². The van der Waals surface area contributed by atoms with Crippen molar-refractivity contribution >= 4 is 23.6 Å². The van der Waals surface area contributed by atoms with Crippen molar-refractivity contribution in [3.63, 3.8) is 0 Å². The molecule has 2 amide bonds. The van der Waals surface area contributed by atoms with Crippen LogP contribution in [0.15, 0.2) is 58.4 Å². The van der Waals surface area contributed by atoms with Crippen molar-refractivity contribution < 1.29 is 23.5 Å². The van der Waals surface area contributed by atoms with Gasteiger partial charge in [0, 0.05) is 35.5 Å². The molecule has 0 aliphatic carbocycles. The first-order valence-electron chi connectivity index (χ1n) is 11.2. The summed E-state index contributed by atoms with van der Waals surface area (Å²) in [7, 11) is 1.63. The zero-order chi connectivity index (χ0) is 25.3. The molecule has 0 saturated carbocycles. The van der Waals surface area contributed by atoms with Crippen LogP contribution >= 0.6 is 11.8 Å². The smallest absolute Gasteiger partial charge is 0.278 e. The van der Waals surface area contributed by atoms with Gasteiger partial charge in [0.25, 0.3) is 5.91 Å². The topological polar surface area (TPSA) is 86.1 Å². The van der Waals surface area contributed by atoms with Crippen molar-refractivity contribution in [3.05, 3.63) is 92.9 Å². The Morgan fingerprint density at radius 1 is 1.03 bits per heavy atom. The molecule has 3 aromatic rings. The first-order valence-corrected chi connectivity index (χ1v) is 12.2.